The minimum Gasteiger partial charge on any atom is -0.394 e. The van der Waals surface area contributed by atoms with E-state index in [9.17, 15) is 35.7 Å². The summed E-state index contributed by atoms with van der Waals surface area (Å²) >= 11 is 0. The summed E-state index contributed by atoms with van der Waals surface area (Å²) in [5.41, 5.74) is -1.66. The first-order chi connectivity index (χ1) is 11.2. The van der Waals surface area contributed by atoms with Gasteiger partial charge < -0.3 is 55.1 Å². The molecule has 8 N–H and O–H groups in total. The smallest absolute Gasteiger partial charge is 0.224 e. The standard InChI is InChI=1S/C13H24O11/c1-12(3-15)9(20)10(21)13(4-16,24-12)23-11-8(19)7(18)6(17)5(2-14)22-11/h5-11,14-21H,2-4H2,1H3/t5-,6+,7-,8+,9-,10-,11+,12+,13+/m0/s1. The molecule has 0 saturated carbocycles. The Kier molecular flexibility index (Phi) is 5.84. The van der Waals surface area contributed by atoms with E-state index < -0.39 is 74.1 Å². The highest BCUT2D eigenvalue weighted by Gasteiger charge is 2.62. The quantitative estimate of drug-likeness (QED) is 0.235. The van der Waals surface area contributed by atoms with Crippen LogP contribution in [0.5, 0.6) is 0 Å². The lowest BCUT2D eigenvalue weighted by atomic mass is 9.96. The van der Waals surface area contributed by atoms with Crippen LogP contribution >= 0.6 is 0 Å². The van der Waals surface area contributed by atoms with Crippen LogP contribution in [0.4, 0.5) is 0 Å². The molecule has 2 aliphatic rings. The van der Waals surface area contributed by atoms with E-state index >= 15 is 0 Å². The van der Waals surface area contributed by atoms with Crippen LogP contribution in [0.25, 0.3) is 0 Å². The van der Waals surface area contributed by atoms with Crippen molar-refractivity contribution in [2.24, 2.45) is 0 Å². The molecule has 0 unspecified atom stereocenters. The highest BCUT2D eigenvalue weighted by Crippen LogP contribution is 2.41. The van der Waals surface area contributed by atoms with Gasteiger partial charge in [-0.2, -0.15) is 0 Å². The fraction of sp³-hybridized carbons (Fsp3) is 1.00. The van der Waals surface area contributed by atoms with Gasteiger partial charge in [-0.05, 0) is 6.92 Å². The van der Waals surface area contributed by atoms with E-state index in [1.807, 2.05) is 0 Å². The highest BCUT2D eigenvalue weighted by molar-refractivity contribution is 5.04. The zero-order chi connectivity index (χ0) is 18.3. The number of aliphatic hydroxyl groups is 8. The zero-order valence-corrected chi connectivity index (χ0v) is 13.0. The molecule has 0 aromatic heterocycles. The molecule has 0 radical (unpaired) electrons. The van der Waals surface area contributed by atoms with Gasteiger partial charge in [0.05, 0.1) is 13.2 Å². The predicted molar refractivity (Wildman–Crippen MR) is 73.3 cm³/mol. The second-order valence-corrected chi connectivity index (χ2v) is 6.25. The molecule has 2 aliphatic heterocycles. The first-order valence-corrected chi connectivity index (χ1v) is 7.42. The van der Waals surface area contributed by atoms with E-state index in [0.29, 0.717) is 0 Å². The number of ether oxygens (including phenoxy) is 3. The lowest BCUT2D eigenvalue weighted by Gasteiger charge is -2.43. The fourth-order valence-corrected chi connectivity index (χ4v) is 2.83. The van der Waals surface area contributed by atoms with Crippen LogP contribution in [0.3, 0.4) is 0 Å². The van der Waals surface area contributed by atoms with Gasteiger partial charge in [-0.3, -0.25) is 0 Å². The Morgan fingerprint density at radius 1 is 0.875 bits per heavy atom. The molecule has 0 aliphatic carbocycles. The number of hydrogen-bond donors (Lipinski definition) is 8. The molecule has 0 aromatic rings. The van der Waals surface area contributed by atoms with Gasteiger partial charge in [0, 0.05) is 0 Å². The molecule has 0 spiro atoms. The Hall–Kier alpha value is -0.440. The van der Waals surface area contributed by atoms with E-state index in [1.54, 1.807) is 0 Å². The second kappa shape index (κ2) is 7.05. The van der Waals surface area contributed by atoms with Gasteiger partial charge in [0.1, 0.15) is 48.8 Å². The first-order valence-electron chi connectivity index (χ1n) is 7.42. The summed E-state index contributed by atoms with van der Waals surface area (Å²) in [5, 5.41) is 77.7. The van der Waals surface area contributed by atoms with Crippen molar-refractivity contribution in [1.29, 1.82) is 0 Å². The van der Waals surface area contributed by atoms with Gasteiger partial charge in [-0.15, -0.1) is 0 Å². The molecule has 0 bridgehead atoms. The predicted octanol–water partition coefficient (Wildman–Crippen LogP) is -5.01. The van der Waals surface area contributed by atoms with E-state index in [4.69, 9.17) is 19.3 Å². The fourth-order valence-electron chi connectivity index (χ4n) is 2.83. The lowest BCUT2D eigenvalue weighted by Crippen LogP contribution is -2.62. The zero-order valence-electron chi connectivity index (χ0n) is 13.0. The summed E-state index contributed by atoms with van der Waals surface area (Å²) in [6.45, 7) is -1.10. The van der Waals surface area contributed by atoms with Crippen LogP contribution in [0.1, 0.15) is 6.92 Å². The van der Waals surface area contributed by atoms with Gasteiger partial charge in [-0.25, -0.2) is 0 Å². The van der Waals surface area contributed by atoms with Crippen molar-refractivity contribution in [3.05, 3.63) is 0 Å². The van der Waals surface area contributed by atoms with Crippen LogP contribution < -0.4 is 0 Å². The number of rotatable bonds is 5. The molecule has 9 atom stereocenters. The summed E-state index contributed by atoms with van der Waals surface area (Å²) in [6, 6.07) is 0. The number of aliphatic hydroxyl groups excluding tert-OH is 8. The average molecular weight is 356 g/mol. The maximum absolute atomic E-state index is 10.2. The highest BCUT2D eigenvalue weighted by atomic mass is 16.8. The molecule has 2 rings (SSSR count). The topological polar surface area (TPSA) is 190 Å². The van der Waals surface area contributed by atoms with Crippen molar-refractivity contribution in [2.75, 3.05) is 19.8 Å². The maximum atomic E-state index is 10.2. The van der Waals surface area contributed by atoms with Crippen molar-refractivity contribution in [3.8, 4) is 0 Å². The molecular formula is C13H24O11. The summed E-state index contributed by atoms with van der Waals surface area (Å²) in [6.07, 6.45) is -11.5. The van der Waals surface area contributed by atoms with E-state index in [-0.39, 0.29) is 0 Å². The van der Waals surface area contributed by atoms with Gasteiger partial charge in [-0.1, -0.05) is 0 Å². The monoisotopic (exact) mass is 356 g/mol. The molecule has 0 aromatic carbocycles. The molecule has 11 heteroatoms. The van der Waals surface area contributed by atoms with Gasteiger partial charge in [0.2, 0.25) is 5.79 Å². The van der Waals surface area contributed by atoms with Crippen LogP contribution in [-0.2, 0) is 14.2 Å². The molecule has 0 amide bonds. The summed E-state index contributed by atoms with van der Waals surface area (Å²) in [7, 11) is 0. The SMILES string of the molecule is C[C@]1(CO)O[C@@](CO)(O[C@H]2O[C@@H](CO)[C@@H](O)[C@H](O)[C@H]2O)[C@@H](O)[C@@H]1O. The Labute approximate surface area is 137 Å². The van der Waals surface area contributed by atoms with Crippen molar-refractivity contribution < 1.29 is 55.1 Å². The third-order valence-corrected chi connectivity index (χ3v) is 4.48. The van der Waals surface area contributed by atoms with E-state index in [1.165, 1.54) is 6.92 Å². The Morgan fingerprint density at radius 3 is 1.96 bits per heavy atom. The average Bonchev–Trinajstić information content (AvgIpc) is 2.77. The van der Waals surface area contributed by atoms with Crippen LogP contribution in [0, 0.1) is 0 Å². The van der Waals surface area contributed by atoms with Crippen molar-refractivity contribution in [1.82, 2.24) is 0 Å². The minimum atomic E-state index is -2.26. The van der Waals surface area contributed by atoms with Crippen LogP contribution in [0.2, 0.25) is 0 Å². The van der Waals surface area contributed by atoms with E-state index in [0.717, 1.165) is 0 Å². The third-order valence-electron chi connectivity index (χ3n) is 4.48. The second-order valence-electron chi connectivity index (χ2n) is 6.25. The number of hydrogen-bond acceptors (Lipinski definition) is 11. The molecule has 142 valence electrons. The lowest BCUT2D eigenvalue weighted by molar-refractivity contribution is -0.388. The largest absolute Gasteiger partial charge is 0.394 e. The normalized spacial score (nSPS) is 52.6. The van der Waals surface area contributed by atoms with Crippen LogP contribution in [0.15, 0.2) is 0 Å². The molecule has 11 nitrogen and oxygen atoms in total. The van der Waals surface area contributed by atoms with Crippen molar-refractivity contribution in [2.45, 2.75) is 61.2 Å². The Bertz CT molecular complexity index is 434. The first kappa shape index (κ1) is 19.9. The minimum absolute atomic E-state index is 0.697. The Morgan fingerprint density at radius 2 is 1.50 bits per heavy atom. The maximum Gasteiger partial charge on any atom is 0.224 e. The summed E-state index contributed by atoms with van der Waals surface area (Å²) < 4.78 is 15.7. The molecule has 2 fully saturated rings. The van der Waals surface area contributed by atoms with Crippen molar-refractivity contribution >= 4 is 0 Å². The summed E-state index contributed by atoms with van der Waals surface area (Å²) in [4.78, 5) is 0. The van der Waals surface area contributed by atoms with Gasteiger partial charge in [0.25, 0.3) is 0 Å². The third kappa shape index (κ3) is 3.06. The van der Waals surface area contributed by atoms with Gasteiger partial charge in [0.15, 0.2) is 6.29 Å². The molecule has 2 saturated heterocycles. The van der Waals surface area contributed by atoms with Gasteiger partial charge >= 0.3 is 0 Å². The summed E-state index contributed by atoms with van der Waals surface area (Å²) in [5.74, 6) is -2.26. The van der Waals surface area contributed by atoms with Crippen LogP contribution in [-0.4, -0.2) is 115 Å². The van der Waals surface area contributed by atoms with E-state index in [2.05, 4.69) is 0 Å². The Balaban J connectivity index is 2.23. The molecule has 24 heavy (non-hydrogen) atoms. The molecule has 2 heterocycles. The van der Waals surface area contributed by atoms with Crippen molar-refractivity contribution in [3.63, 3.8) is 0 Å². The molecular weight excluding hydrogens is 332 g/mol.